The van der Waals surface area contributed by atoms with Gasteiger partial charge in [-0.2, -0.15) is 0 Å². The number of hydrogen-bond donors (Lipinski definition) is 7. The van der Waals surface area contributed by atoms with E-state index < -0.39 is 40.9 Å². The van der Waals surface area contributed by atoms with Crippen molar-refractivity contribution < 1.29 is 39.5 Å². The van der Waals surface area contributed by atoms with Crippen LogP contribution in [0, 0.1) is 5.82 Å². The predicted molar refractivity (Wildman–Crippen MR) is 119 cm³/mol. The highest BCUT2D eigenvalue weighted by Gasteiger charge is 2.23. The number of phenols is 5. The Morgan fingerprint density at radius 3 is 2.03 bits per heavy atom. The normalized spacial score (nSPS) is 11.6. The molecule has 0 saturated heterocycles. The number of halogens is 1. The summed E-state index contributed by atoms with van der Waals surface area (Å²) in [4.78, 5) is 25.5. The van der Waals surface area contributed by atoms with Gasteiger partial charge in [0.15, 0.2) is 34.6 Å². The Morgan fingerprint density at radius 1 is 0.765 bits per heavy atom. The first-order chi connectivity index (χ1) is 16.1. The zero-order chi connectivity index (χ0) is 24.8. The molecule has 2 amide bonds. The lowest BCUT2D eigenvalue weighted by molar-refractivity contribution is -0.122. The molecule has 3 rings (SSSR count). The Morgan fingerprint density at radius 2 is 1.38 bits per heavy atom. The Labute approximate surface area is 193 Å². The molecule has 0 aliphatic heterocycles. The summed E-state index contributed by atoms with van der Waals surface area (Å²) in [6.07, 6.45) is 0.221. The molecule has 1 atom stereocenters. The third-order valence-electron chi connectivity index (χ3n) is 5.06. The molecular weight excluding hydrogens is 447 g/mol. The zero-order valence-electron chi connectivity index (χ0n) is 17.8. The van der Waals surface area contributed by atoms with Gasteiger partial charge in [0, 0.05) is 18.5 Å². The van der Waals surface area contributed by atoms with Crippen molar-refractivity contribution in [1.82, 2.24) is 10.6 Å². The number of amides is 2. The molecular formula is C24H23FN2O7. The number of nitrogens with one attached hydrogen (secondary N) is 2. The Hall–Kier alpha value is -4.47. The molecule has 0 aliphatic rings. The minimum atomic E-state index is -1.14. The van der Waals surface area contributed by atoms with E-state index in [1.165, 1.54) is 24.3 Å². The molecule has 10 heteroatoms. The second-order valence-corrected chi connectivity index (χ2v) is 7.58. The van der Waals surface area contributed by atoms with Gasteiger partial charge in [-0.1, -0.05) is 12.1 Å². The van der Waals surface area contributed by atoms with Crippen LogP contribution >= 0.6 is 0 Å². The fraction of sp³-hybridized carbons (Fsp3) is 0.167. The number of carbonyl (C=O) groups excluding carboxylic acids is 2. The molecule has 9 nitrogen and oxygen atoms in total. The second kappa shape index (κ2) is 10.4. The standard InChI is InChI=1S/C24H23FN2O7/c25-16-9-14(2-4-18(16)28)10-17(27-23(33)15-3-6-20(30)22(32)12-15)24(34)26-8-7-13-1-5-19(29)21(31)11-13/h1-6,9,11-12,17,28-32H,7-8,10H2,(H,26,34)(H,27,33)/t17-/m0/s1. The van der Waals surface area contributed by atoms with E-state index >= 15 is 0 Å². The van der Waals surface area contributed by atoms with E-state index in [2.05, 4.69) is 10.6 Å². The lowest BCUT2D eigenvalue weighted by atomic mass is 10.0. The smallest absolute Gasteiger partial charge is 0.252 e. The minimum absolute atomic E-state index is 0.00967. The second-order valence-electron chi connectivity index (χ2n) is 7.58. The van der Waals surface area contributed by atoms with E-state index in [1.807, 2.05) is 0 Å². The number of phenolic OH excluding ortho intramolecular Hbond substituents is 5. The van der Waals surface area contributed by atoms with Crippen LogP contribution in [-0.4, -0.2) is 49.9 Å². The molecule has 7 N–H and O–H groups in total. The lowest BCUT2D eigenvalue weighted by Gasteiger charge is -2.19. The molecule has 0 radical (unpaired) electrons. The van der Waals surface area contributed by atoms with Crippen LogP contribution in [0.1, 0.15) is 21.5 Å². The minimum Gasteiger partial charge on any atom is -0.505 e. The summed E-state index contributed by atoms with van der Waals surface area (Å²) >= 11 is 0. The fourth-order valence-corrected chi connectivity index (χ4v) is 3.21. The first-order valence-electron chi connectivity index (χ1n) is 10.2. The van der Waals surface area contributed by atoms with E-state index in [0.29, 0.717) is 17.5 Å². The molecule has 0 unspecified atom stereocenters. The van der Waals surface area contributed by atoms with Gasteiger partial charge in [0.05, 0.1) is 0 Å². The number of rotatable bonds is 8. The highest BCUT2D eigenvalue weighted by atomic mass is 19.1. The van der Waals surface area contributed by atoms with Crippen molar-refractivity contribution in [2.45, 2.75) is 18.9 Å². The van der Waals surface area contributed by atoms with Gasteiger partial charge in [-0.15, -0.1) is 0 Å². The van der Waals surface area contributed by atoms with Gasteiger partial charge in [-0.25, -0.2) is 4.39 Å². The predicted octanol–water partition coefficient (Wildman–Crippen LogP) is 2.05. The number of hydrogen-bond acceptors (Lipinski definition) is 7. The molecule has 34 heavy (non-hydrogen) atoms. The maximum absolute atomic E-state index is 13.8. The van der Waals surface area contributed by atoms with Gasteiger partial charge in [-0.3, -0.25) is 9.59 Å². The largest absolute Gasteiger partial charge is 0.505 e. The van der Waals surface area contributed by atoms with Gasteiger partial charge < -0.3 is 36.2 Å². The van der Waals surface area contributed by atoms with Gasteiger partial charge in [0.1, 0.15) is 6.04 Å². The van der Waals surface area contributed by atoms with Crippen molar-refractivity contribution in [3.05, 3.63) is 77.1 Å². The van der Waals surface area contributed by atoms with Crippen LogP contribution in [-0.2, 0) is 17.6 Å². The first-order valence-corrected chi connectivity index (χ1v) is 10.2. The quantitative estimate of drug-likeness (QED) is 0.248. The molecule has 0 fully saturated rings. The molecule has 0 aromatic heterocycles. The van der Waals surface area contributed by atoms with Crippen LogP contribution in [0.15, 0.2) is 54.6 Å². The Balaban J connectivity index is 1.73. The maximum atomic E-state index is 13.8. The van der Waals surface area contributed by atoms with Crippen LogP contribution in [0.5, 0.6) is 28.7 Å². The summed E-state index contributed by atoms with van der Waals surface area (Å²) in [6, 6.07) is 10.1. The van der Waals surface area contributed by atoms with E-state index in [4.69, 9.17) is 0 Å². The van der Waals surface area contributed by atoms with Crippen molar-refractivity contribution in [2.24, 2.45) is 0 Å². The number of aromatic hydroxyl groups is 5. The van der Waals surface area contributed by atoms with Gasteiger partial charge >= 0.3 is 0 Å². The van der Waals surface area contributed by atoms with Gasteiger partial charge in [0.25, 0.3) is 5.91 Å². The van der Waals surface area contributed by atoms with Crippen molar-refractivity contribution >= 4 is 11.8 Å². The first kappa shape index (κ1) is 24.2. The van der Waals surface area contributed by atoms with Crippen molar-refractivity contribution in [3.8, 4) is 28.7 Å². The van der Waals surface area contributed by atoms with E-state index in [9.17, 15) is 39.5 Å². The average Bonchev–Trinajstić information content (AvgIpc) is 2.79. The summed E-state index contributed by atoms with van der Waals surface area (Å²) in [6.45, 7) is 0.138. The Bertz CT molecular complexity index is 1220. The SMILES string of the molecule is O=C(N[C@@H](Cc1ccc(O)c(F)c1)C(=O)NCCc1ccc(O)c(O)c1)c1ccc(O)c(O)c1. The van der Waals surface area contributed by atoms with Crippen molar-refractivity contribution in [1.29, 1.82) is 0 Å². The zero-order valence-corrected chi connectivity index (χ0v) is 17.8. The molecule has 0 bridgehead atoms. The number of benzene rings is 3. The van der Waals surface area contributed by atoms with Crippen molar-refractivity contribution in [3.63, 3.8) is 0 Å². The molecule has 3 aromatic carbocycles. The van der Waals surface area contributed by atoms with Crippen molar-refractivity contribution in [2.75, 3.05) is 6.54 Å². The average molecular weight is 470 g/mol. The van der Waals surface area contributed by atoms with Crippen LogP contribution in [0.25, 0.3) is 0 Å². The summed E-state index contributed by atoms with van der Waals surface area (Å²) < 4.78 is 13.8. The monoisotopic (exact) mass is 470 g/mol. The maximum Gasteiger partial charge on any atom is 0.252 e. The molecule has 0 aliphatic carbocycles. The van der Waals surface area contributed by atoms with Gasteiger partial charge in [-0.05, 0) is 60.0 Å². The van der Waals surface area contributed by atoms with Crippen LogP contribution in [0.3, 0.4) is 0 Å². The van der Waals surface area contributed by atoms with Crippen LogP contribution < -0.4 is 10.6 Å². The summed E-state index contributed by atoms with van der Waals surface area (Å²) in [7, 11) is 0. The van der Waals surface area contributed by atoms with E-state index in [-0.39, 0.29) is 30.0 Å². The molecule has 0 saturated carbocycles. The highest BCUT2D eigenvalue weighted by Crippen LogP contribution is 2.26. The summed E-state index contributed by atoms with van der Waals surface area (Å²) in [5, 5.41) is 52.6. The summed E-state index contributed by atoms with van der Waals surface area (Å²) in [5.41, 5.74) is 0.980. The third-order valence-corrected chi connectivity index (χ3v) is 5.06. The molecule has 0 heterocycles. The molecule has 0 spiro atoms. The summed E-state index contributed by atoms with van der Waals surface area (Å²) in [5.74, 6) is -4.19. The van der Waals surface area contributed by atoms with E-state index in [1.54, 1.807) is 6.07 Å². The highest BCUT2D eigenvalue weighted by molar-refractivity contribution is 5.98. The lowest BCUT2D eigenvalue weighted by Crippen LogP contribution is -2.48. The Kier molecular flexibility index (Phi) is 7.42. The third kappa shape index (κ3) is 6.06. The van der Waals surface area contributed by atoms with Crippen LogP contribution in [0.4, 0.5) is 4.39 Å². The van der Waals surface area contributed by atoms with Gasteiger partial charge in [0.2, 0.25) is 5.91 Å². The topological polar surface area (TPSA) is 159 Å². The van der Waals surface area contributed by atoms with E-state index in [0.717, 1.165) is 24.3 Å². The number of carbonyl (C=O) groups is 2. The van der Waals surface area contributed by atoms with Crippen LogP contribution in [0.2, 0.25) is 0 Å². The molecule has 178 valence electrons. The fourth-order valence-electron chi connectivity index (χ4n) is 3.21. The molecule has 3 aromatic rings.